The number of nitrogens with one attached hydrogen (secondary N) is 1. The topological polar surface area (TPSA) is 128 Å². The number of sulfonamides is 1. The van der Waals surface area contributed by atoms with Crippen LogP contribution >= 0.6 is 0 Å². The molecule has 0 amide bonds. The minimum atomic E-state index is -4.02. The Morgan fingerprint density at radius 1 is 1.22 bits per heavy atom. The van der Waals surface area contributed by atoms with Crippen LogP contribution in [-0.2, 0) is 10.0 Å². The van der Waals surface area contributed by atoms with Gasteiger partial charge in [-0.2, -0.15) is 5.10 Å². The largest absolute Gasteiger partial charge is 0.295 e. The van der Waals surface area contributed by atoms with E-state index in [9.17, 15) is 18.5 Å². The van der Waals surface area contributed by atoms with Crippen molar-refractivity contribution in [2.24, 2.45) is 10.2 Å². The van der Waals surface area contributed by atoms with Gasteiger partial charge < -0.3 is 0 Å². The van der Waals surface area contributed by atoms with Gasteiger partial charge in [0.15, 0.2) is 0 Å². The van der Waals surface area contributed by atoms with Gasteiger partial charge in [0, 0.05) is 6.07 Å². The van der Waals surface area contributed by atoms with Crippen LogP contribution in [0.5, 0.6) is 0 Å². The van der Waals surface area contributed by atoms with Crippen molar-refractivity contribution < 1.29 is 13.3 Å². The number of benzene rings is 2. The van der Waals surface area contributed by atoms with E-state index in [2.05, 4.69) is 10.5 Å². The number of hydrazone groups is 1. The number of nitro benzene ring substituents is 1. The van der Waals surface area contributed by atoms with Gasteiger partial charge in [-0.15, -0.1) is 0 Å². The highest BCUT2D eigenvalue weighted by Gasteiger charge is 2.18. The van der Waals surface area contributed by atoms with Crippen LogP contribution in [0.25, 0.3) is 0 Å². The SMILES string of the molecule is C/C(=N\Nc1ccc(S(N)(=O)=O)cc1[N+](=O)[O-])c1ccccc1. The quantitative estimate of drug-likeness (QED) is 0.491. The summed E-state index contributed by atoms with van der Waals surface area (Å²) in [5.74, 6) is 0. The fraction of sp³-hybridized carbons (Fsp3) is 0.0714. The van der Waals surface area contributed by atoms with Crippen LogP contribution in [0, 0.1) is 10.1 Å². The molecule has 8 nitrogen and oxygen atoms in total. The molecule has 0 radical (unpaired) electrons. The van der Waals surface area contributed by atoms with Gasteiger partial charge in [-0.05, 0) is 24.6 Å². The van der Waals surface area contributed by atoms with Crippen LogP contribution in [0.1, 0.15) is 12.5 Å². The third-order valence-electron chi connectivity index (χ3n) is 3.03. The highest BCUT2D eigenvalue weighted by Crippen LogP contribution is 2.27. The predicted octanol–water partition coefficient (Wildman–Crippen LogP) is 2.08. The van der Waals surface area contributed by atoms with Crippen molar-refractivity contribution in [2.45, 2.75) is 11.8 Å². The first-order chi connectivity index (χ1) is 10.8. The number of nitro groups is 1. The summed E-state index contributed by atoms with van der Waals surface area (Å²) in [6.07, 6.45) is 0. The lowest BCUT2D eigenvalue weighted by molar-refractivity contribution is -0.384. The van der Waals surface area contributed by atoms with Crippen LogP contribution in [0.3, 0.4) is 0 Å². The molecule has 0 saturated heterocycles. The van der Waals surface area contributed by atoms with Gasteiger partial charge in [0.1, 0.15) is 5.69 Å². The van der Waals surface area contributed by atoms with Gasteiger partial charge in [0.25, 0.3) is 5.69 Å². The van der Waals surface area contributed by atoms with E-state index in [1.54, 1.807) is 6.92 Å². The maximum absolute atomic E-state index is 11.3. The summed E-state index contributed by atoms with van der Waals surface area (Å²) in [7, 11) is -4.02. The second kappa shape index (κ2) is 6.55. The predicted molar refractivity (Wildman–Crippen MR) is 86.7 cm³/mol. The Balaban J connectivity index is 2.35. The first-order valence-electron chi connectivity index (χ1n) is 6.46. The summed E-state index contributed by atoms with van der Waals surface area (Å²) in [6.45, 7) is 1.74. The fourth-order valence-electron chi connectivity index (χ4n) is 1.82. The second-order valence-electron chi connectivity index (χ2n) is 4.66. The van der Waals surface area contributed by atoms with E-state index < -0.39 is 20.6 Å². The van der Waals surface area contributed by atoms with Gasteiger partial charge in [0.05, 0.1) is 15.5 Å². The fourth-order valence-corrected chi connectivity index (χ4v) is 2.36. The number of hydrogen-bond donors (Lipinski definition) is 2. The molecule has 2 rings (SSSR count). The normalized spacial score (nSPS) is 12.0. The highest BCUT2D eigenvalue weighted by atomic mass is 32.2. The summed E-state index contributed by atoms with van der Waals surface area (Å²) in [5.41, 5.74) is 3.69. The van der Waals surface area contributed by atoms with Gasteiger partial charge in [0.2, 0.25) is 10.0 Å². The van der Waals surface area contributed by atoms with E-state index in [4.69, 9.17) is 5.14 Å². The molecule has 0 bridgehead atoms. The van der Waals surface area contributed by atoms with Crippen molar-refractivity contribution >= 4 is 27.1 Å². The first-order valence-corrected chi connectivity index (χ1v) is 8.00. The Morgan fingerprint density at radius 3 is 2.43 bits per heavy atom. The van der Waals surface area contributed by atoms with E-state index in [0.717, 1.165) is 11.6 Å². The molecule has 23 heavy (non-hydrogen) atoms. The Hall–Kier alpha value is -2.78. The summed E-state index contributed by atoms with van der Waals surface area (Å²) >= 11 is 0. The number of nitrogens with zero attached hydrogens (tertiary/aromatic N) is 2. The van der Waals surface area contributed by atoms with E-state index >= 15 is 0 Å². The lowest BCUT2D eigenvalue weighted by Crippen LogP contribution is -2.12. The maximum atomic E-state index is 11.3. The van der Waals surface area contributed by atoms with Gasteiger partial charge in [-0.3, -0.25) is 15.5 Å². The Bertz CT molecular complexity index is 864. The molecule has 0 heterocycles. The molecule has 0 aliphatic carbocycles. The standard InChI is InChI=1S/C14H14N4O4S/c1-10(11-5-3-2-4-6-11)16-17-13-8-7-12(23(15,21)22)9-14(13)18(19)20/h2-9,17H,1H3,(H2,15,21,22)/b16-10+. The lowest BCUT2D eigenvalue weighted by Gasteiger charge is -2.06. The Morgan fingerprint density at radius 2 is 1.87 bits per heavy atom. The van der Waals surface area contributed by atoms with E-state index in [1.165, 1.54) is 12.1 Å². The zero-order chi connectivity index (χ0) is 17.0. The van der Waals surface area contributed by atoms with Crippen molar-refractivity contribution in [2.75, 3.05) is 5.43 Å². The second-order valence-corrected chi connectivity index (χ2v) is 6.22. The minimum absolute atomic E-state index is 0.0673. The molecular weight excluding hydrogens is 320 g/mol. The average Bonchev–Trinajstić information content (AvgIpc) is 2.52. The molecule has 2 aromatic rings. The van der Waals surface area contributed by atoms with Crippen molar-refractivity contribution in [3.63, 3.8) is 0 Å². The summed E-state index contributed by atoms with van der Waals surface area (Å²) < 4.78 is 22.6. The molecule has 0 aliphatic heterocycles. The van der Waals surface area contributed by atoms with Crippen LogP contribution in [-0.4, -0.2) is 19.1 Å². The Kier molecular flexibility index (Phi) is 4.72. The number of anilines is 1. The van der Waals surface area contributed by atoms with Crippen LogP contribution in [0.4, 0.5) is 11.4 Å². The summed E-state index contributed by atoms with van der Waals surface area (Å²) in [5, 5.41) is 20.2. The molecule has 2 aromatic carbocycles. The molecule has 3 N–H and O–H groups in total. The highest BCUT2D eigenvalue weighted by molar-refractivity contribution is 7.89. The minimum Gasteiger partial charge on any atom is -0.271 e. The van der Waals surface area contributed by atoms with Crippen molar-refractivity contribution in [1.82, 2.24) is 0 Å². The molecule has 0 aliphatic rings. The molecule has 9 heteroatoms. The molecule has 0 saturated carbocycles. The third-order valence-corrected chi connectivity index (χ3v) is 3.94. The number of hydrogen-bond acceptors (Lipinski definition) is 6. The molecule has 120 valence electrons. The summed E-state index contributed by atoms with van der Waals surface area (Å²) in [6, 6.07) is 12.6. The molecule has 0 aromatic heterocycles. The smallest absolute Gasteiger partial charge is 0.271 e. The van der Waals surface area contributed by atoms with E-state index in [1.807, 2.05) is 30.3 Å². The Labute approximate surface area is 132 Å². The van der Waals surface area contributed by atoms with E-state index in [-0.39, 0.29) is 10.6 Å². The molecule has 0 atom stereocenters. The molecule has 0 fully saturated rings. The molecule has 0 spiro atoms. The van der Waals surface area contributed by atoms with Gasteiger partial charge >= 0.3 is 0 Å². The maximum Gasteiger partial charge on any atom is 0.295 e. The lowest BCUT2D eigenvalue weighted by atomic mass is 10.1. The zero-order valence-electron chi connectivity index (χ0n) is 12.1. The van der Waals surface area contributed by atoms with Crippen LogP contribution in [0.15, 0.2) is 58.5 Å². The van der Waals surface area contributed by atoms with Crippen molar-refractivity contribution in [3.05, 3.63) is 64.2 Å². The number of nitrogens with two attached hydrogens (primary N) is 1. The monoisotopic (exact) mass is 334 g/mol. The number of primary sulfonamides is 1. The molecular formula is C14H14N4O4S. The average molecular weight is 334 g/mol. The summed E-state index contributed by atoms with van der Waals surface area (Å²) in [4.78, 5) is 10.1. The van der Waals surface area contributed by atoms with Crippen LogP contribution < -0.4 is 10.6 Å². The van der Waals surface area contributed by atoms with Crippen molar-refractivity contribution in [1.29, 1.82) is 0 Å². The van der Waals surface area contributed by atoms with E-state index in [0.29, 0.717) is 5.71 Å². The van der Waals surface area contributed by atoms with Crippen LogP contribution in [0.2, 0.25) is 0 Å². The third kappa shape index (κ3) is 4.11. The number of rotatable bonds is 5. The zero-order valence-corrected chi connectivity index (χ0v) is 12.9. The van der Waals surface area contributed by atoms with Gasteiger partial charge in [-0.25, -0.2) is 13.6 Å². The van der Waals surface area contributed by atoms with Crippen molar-refractivity contribution in [3.8, 4) is 0 Å². The molecule has 0 unspecified atom stereocenters. The first kappa shape index (κ1) is 16.6. The van der Waals surface area contributed by atoms with Gasteiger partial charge in [-0.1, -0.05) is 30.3 Å².